The number of pyridine rings is 1. The van der Waals surface area contributed by atoms with Crippen LogP contribution in [0.15, 0.2) is 42.5 Å². The lowest BCUT2D eigenvalue weighted by Crippen LogP contribution is -2.02. The lowest BCUT2D eigenvalue weighted by Gasteiger charge is -2.09. The Hall–Kier alpha value is -3.47. The van der Waals surface area contributed by atoms with Crippen LogP contribution in [0.3, 0.4) is 0 Å². The minimum Gasteiger partial charge on any atom is -0.323 e. The number of hydrogen-bond donors (Lipinski definition) is 0. The first-order valence-corrected chi connectivity index (χ1v) is 11.3. The summed E-state index contributed by atoms with van der Waals surface area (Å²) < 4.78 is 4.51. The maximum atomic E-state index is 5.04. The molecule has 5 rings (SSSR count). The summed E-state index contributed by atoms with van der Waals surface area (Å²) in [4.78, 5) is 15.0. The van der Waals surface area contributed by atoms with Gasteiger partial charge in [-0.15, -0.1) is 0 Å². The predicted molar refractivity (Wildman–Crippen MR) is 132 cm³/mol. The number of rotatable bonds is 4. The van der Waals surface area contributed by atoms with Crippen molar-refractivity contribution in [2.24, 2.45) is 0 Å². The molecule has 3 heterocycles. The molecule has 5 nitrogen and oxygen atoms in total. The summed E-state index contributed by atoms with van der Waals surface area (Å²) in [5.41, 5.74) is 11.2. The number of aryl methyl sites for hydroxylation is 6. The fourth-order valence-corrected chi connectivity index (χ4v) is 4.48. The Bertz CT molecular complexity index is 1380. The molecule has 0 aliphatic rings. The Kier molecular flexibility index (Phi) is 4.85. The Balaban J connectivity index is 1.70. The van der Waals surface area contributed by atoms with Crippen molar-refractivity contribution < 1.29 is 0 Å². The van der Waals surface area contributed by atoms with E-state index in [9.17, 15) is 0 Å². The van der Waals surface area contributed by atoms with Crippen LogP contribution in [0.4, 0.5) is 0 Å². The third-order valence-electron chi connectivity index (χ3n) is 6.57. The van der Waals surface area contributed by atoms with Crippen molar-refractivity contribution in [2.75, 3.05) is 0 Å². The molecule has 3 aromatic heterocycles. The Morgan fingerprint density at radius 3 is 1.41 bits per heavy atom. The van der Waals surface area contributed by atoms with Gasteiger partial charge in [0, 0.05) is 13.1 Å². The van der Waals surface area contributed by atoms with E-state index in [0.29, 0.717) is 0 Å². The van der Waals surface area contributed by atoms with Gasteiger partial charge in [0.15, 0.2) is 11.6 Å². The van der Waals surface area contributed by atoms with Crippen LogP contribution in [0, 0.1) is 27.7 Å². The van der Waals surface area contributed by atoms with Crippen molar-refractivity contribution >= 4 is 22.1 Å². The summed E-state index contributed by atoms with van der Waals surface area (Å²) in [7, 11) is 0. The zero-order valence-electron chi connectivity index (χ0n) is 19.7. The second-order valence-electron chi connectivity index (χ2n) is 8.62. The van der Waals surface area contributed by atoms with Gasteiger partial charge in [0.05, 0.1) is 22.1 Å². The first-order chi connectivity index (χ1) is 15.4. The molecule has 0 aliphatic carbocycles. The van der Waals surface area contributed by atoms with Crippen molar-refractivity contribution in [1.82, 2.24) is 24.1 Å². The molecule has 0 saturated carbocycles. The molecule has 0 amide bonds. The van der Waals surface area contributed by atoms with Gasteiger partial charge in [-0.3, -0.25) is 0 Å². The van der Waals surface area contributed by atoms with Crippen molar-refractivity contribution in [3.63, 3.8) is 0 Å². The molecule has 0 saturated heterocycles. The number of fused-ring (bicyclic) bond motifs is 2. The molecule has 0 aliphatic heterocycles. The molecule has 0 radical (unpaired) electrons. The third-order valence-corrected chi connectivity index (χ3v) is 6.57. The first-order valence-electron chi connectivity index (χ1n) is 11.3. The van der Waals surface area contributed by atoms with Crippen LogP contribution < -0.4 is 0 Å². The van der Waals surface area contributed by atoms with Crippen molar-refractivity contribution in [3.8, 4) is 23.0 Å². The Morgan fingerprint density at radius 2 is 1.00 bits per heavy atom. The van der Waals surface area contributed by atoms with Crippen molar-refractivity contribution in [1.29, 1.82) is 0 Å². The topological polar surface area (TPSA) is 48.5 Å². The first kappa shape index (κ1) is 20.4. The van der Waals surface area contributed by atoms with Gasteiger partial charge in [-0.25, -0.2) is 15.0 Å². The summed E-state index contributed by atoms with van der Waals surface area (Å²) >= 11 is 0. The van der Waals surface area contributed by atoms with Crippen LogP contribution in [-0.2, 0) is 13.1 Å². The van der Waals surface area contributed by atoms with Crippen LogP contribution in [0.5, 0.6) is 0 Å². The molecule has 0 atom stereocenters. The fourth-order valence-electron chi connectivity index (χ4n) is 4.48. The minimum absolute atomic E-state index is 0.840. The lowest BCUT2D eigenvalue weighted by atomic mass is 10.1. The maximum absolute atomic E-state index is 5.04. The van der Waals surface area contributed by atoms with Gasteiger partial charge in [0.25, 0.3) is 0 Å². The number of imidazole rings is 2. The standard InChI is InChI=1S/C27H29N5/c1-7-31-24-14-18(5)16(3)12-22(24)29-26(31)20-10-9-11-21(28-20)27-30-23-13-17(4)19(6)15-25(23)32(27)8-2/h9-15H,7-8H2,1-6H3. The van der Waals surface area contributed by atoms with Gasteiger partial charge in [0.1, 0.15) is 11.4 Å². The van der Waals surface area contributed by atoms with E-state index >= 15 is 0 Å². The average Bonchev–Trinajstić information content (AvgIpc) is 3.32. The van der Waals surface area contributed by atoms with Gasteiger partial charge in [-0.05, 0) is 100 Å². The molecule has 5 heteroatoms. The Morgan fingerprint density at radius 1 is 0.594 bits per heavy atom. The van der Waals surface area contributed by atoms with E-state index in [-0.39, 0.29) is 0 Å². The average molecular weight is 424 g/mol. The van der Waals surface area contributed by atoms with Crippen LogP contribution in [0.2, 0.25) is 0 Å². The van der Waals surface area contributed by atoms with E-state index in [1.807, 2.05) is 12.1 Å². The summed E-state index contributed by atoms with van der Waals surface area (Å²) in [6, 6.07) is 15.0. The number of nitrogens with zero attached hydrogens (tertiary/aromatic N) is 5. The van der Waals surface area contributed by atoms with Gasteiger partial charge in [-0.1, -0.05) is 6.07 Å². The van der Waals surface area contributed by atoms with Gasteiger partial charge in [0.2, 0.25) is 0 Å². The quantitative estimate of drug-likeness (QED) is 0.337. The van der Waals surface area contributed by atoms with Crippen molar-refractivity contribution in [3.05, 3.63) is 64.7 Å². The zero-order valence-corrected chi connectivity index (χ0v) is 19.7. The normalized spacial score (nSPS) is 11.7. The third kappa shape index (κ3) is 3.11. The molecule has 32 heavy (non-hydrogen) atoms. The highest BCUT2D eigenvalue weighted by molar-refractivity contribution is 5.83. The summed E-state index contributed by atoms with van der Waals surface area (Å²) in [5.74, 6) is 1.81. The summed E-state index contributed by atoms with van der Waals surface area (Å²) in [6.07, 6.45) is 0. The highest BCUT2D eigenvalue weighted by Crippen LogP contribution is 2.30. The van der Waals surface area contributed by atoms with Gasteiger partial charge in [-0.2, -0.15) is 0 Å². The molecular weight excluding hydrogens is 394 g/mol. The van der Waals surface area contributed by atoms with E-state index in [0.717, 1.165) is 58.2 Å². The van der Waals surface area contributed by atoms with Gasteiger partial charge < -0.3 is 9.13 Å². The molecule has 5 aromatic rings. The van der Waals surface area contributed by atoms with Crippen LogP contribution in [-0.4, -0.2) is 24.1 Å². The highest BCUT2D eigenvalue weighted by Gasteiger charge is 2.17. The number of aromatic nitrogens is 5. The summed E-state index contributed by atoms with van der Waals surface area (Å²) in [6.45, 7) is 14.6. The monoisotopic (exact) mass is 423 g/mol. The van der Waals surface area contributed by atoms with E-state index < -0.39 is 0 Å². The molecule has 0 bridgehead atoms. The second kappa shape index (κ2) is 7.59. The van der Waals surface area contributed by atoms with Crippen LogP contribution >= 0.6 is 0 Å². The van der Waals surface area contributed by atoms with Gasteiger partial charge >= 0.3 is 0 Å². The smallest absolute Gasteiger partial charge is 0.159 e. The van der Waals surface area contributed by atoms with E-state index in [2.05, 4.69) is 81.0 Å². The molecule has 0 unspecified atom stereocenters. The predicted octanol–water partition coefficient (Wildman–Crippen LogP) is 6.39. The number of benzene rings is 2. The van der Waals surface area contributed by atoms with Crippen LogP contribution in [0.25, 0.3) is 45.1 Å². The van der Waals surface area contributed by atoms with Crippen molar-refractivity contribution in [2.45, 2.75) is 54.6 Å². The SMILES string of the molecule is CCn1c(-c2cccc(-c3nc4cc(C)c(C)cc4n3CC)n2)nc2cc(C)c(C)cc21. The second-order valence-corrected chi connectivity index (χ2v) is 8.62. The van der Waals surface area contributed by atoms with E-state index in [1.54, 1.807) is 0 Å². The zero-order chi connectivity index (χ0) is 22.6. The Labute approximate surface area is 188 Å². The molecule has 162 valence electrons. The summed E-state index contributed by atoms with van der Waals surface area (Å²) in [5, 5.41) is 0. The van der Waals surface area contributed by atoms with E-state index in [4.69, 9.17) is 15.0 Å². The molecular formula is C27H29N5. The molecule has 0 N–H and O–H groups in total. The largest absolute Gasteiger partial charge is 0.323 e. The minimum atomic E-state index is 0.840. The fraction of sp³-hybridized carbons (Fsp3) is 0.296. The highest BCUT2D eigenvalue weighted by atomic mass is 15.1. The van der Waals surface area contributed by atoms with E-state index in [1.165, 1.54) is 22.3 Å². The molecule has 2 aromatic carbocycles. The lowest BCUT2D eigenvalue weighted by molar-refractivity contribution is 0.787. The molecule has 0 spiro atoms. The maximum Gasteiger partial charge on any atom is 0.159 e. The number of hydrogen-bond acceptors (Lipinski definition) is 3. The van der Waals surface area contributed by atoms with Crippen LogP contribution in [0.1, 0.15) is 36.1 Å². The molecule has 0 fully saturated rings.